The van der Waals surface area contributed by atoms with Crippen LogP contribution in [0.5, 0.6) is 0 Å². The number of hydrogen-bond donors (Lipinski definition) is 3. The Kier molecular flexibility index (Phi) is 7.76. The summed E-state index contributed by atoms with van der Waals surface area (Å²) in [6.45, 7) is 10.1. The SMILES string of the molecule is CCN(CC)C(=O)C(C)NC(=O)NC(C)(C)CCC(=O)O. The van der Waals surface area contributed by atoms with Crippen LogP contribution in [0.1, 0.15) is 47.5 Å². The number of rotatable bonds is 8. The van der Waals surface area contributed by atoms with Crippen molar-refractivity contribution < 1.29 is 19.5 Å². The van der Waals surface area contributed by atoms with Crippen LogP contribution in [0.15, 0.2) is 0 Å². The molecular formula is C14H27N3O4. The number of nitrogens with zero attached hydrogens (tertiary/aromatic N) is 1. The van der Waals surface area contributed by atoms with Gasteiger partial charge in [-0.15, -0.1) is 0 Å². The van der Waals surface area contributed by atoms with Crippen LogP contribution in [0.25, 0.3) is 0 Å². The van der Waals surface area contributed by atoms with Crippen molar-refractivity contribution in [1.82, 2.24) is 15.5 Å². The van der Waals surface area contributed by atoms with Gasteiger partial charge >= 0.3 is 12.0 Å². The maximum atomic E-state index is 12.0. The van der Waals surface area contributed by atoms with Crippen LogP contribution in [0.4, 0.5) is 4.79 Å². The Balaban J connectivity index is 4.41. The van der Waals surface area contributed by atoms with Crippen molar-refractivity contribution >= 4 is 17.9 Å². The molecule has 1 unspecified atom stereocenters. The fourth-order valence-electron chi connectivity index (χ4n) is 1.89. The average molecular weight is 301 g/mol. The third-order valence-electron chi connectivity index (χ3n) is 3.21. The largest absolute Gasteiger partial charge is 0.481 e. The molecule has 0 bridgehead atoms. The van der Waals surface area contributed by atoms with E-state index in [0.29, 0.717) is 19.5 Å². The number of hydrogen-bond acceptors (Lipinski definition) is 3. The highest BCUT2D eigenvalue weighted by atomic mass is 16.4. The molecule has 0 spiro atoms. The van der Waals surface area contributed by atoms with E-state index < -0.39 is 23.6 Å². The lowest BCUT2D eigenvalue weighted by Gasteiger charge is -2.28. The Morgan fingerprint density at radius 1 is 1.19 bits per heavy atom. The van der Waals surface area contributed by atoms with Gasteiger partial charge in [-0.1, -0.05) is 0 Å². The van der Waals surface area contributed by atoms with Crippen molar-refractivity contribution in [2.75, 3.05) is 13.1 Å². The van der Waals surface area contributed by atoms with Gasteiger partial charge in [0.25, 0.3) is 0 Å². The number of carboxylic acid groups (broad SMARTS) is 1. The van der Waals surface area contributed by atoms with Gasteiger partial charge in [0.1, 0.15) is 6.04 Å². The molecule has 21 heavy (non-hydrogen) atoms. The Labute approximate surface area is 126 Å². The minimum absolute atomic E-state index is 0.0266. The van der Waals surface area contributed by atoms with E-state index in [0.717, 1.165) is 0 Å². The molecule has 122 valence electrons. The first-order chi connectivity index (χ1) is 9.62. The topological polar surface area (TPSA) is 98.7 Å². The zero-order chi connectivity index (χ0) is 16.6. The molecule has 0 radical (unpaired) electrons. The van der Waals surface area contributed by atoms with E-state index in [2.05, 4.69) is 10.6 Å². The monoisotopic (exact) mass is 301 g/mol. The molecule has 0 aromatic heterocycles. The Bertz CT molecular complexity index is 378. The summed E-state index contributed by atoms with van der Waals surface area (Å²) in [6, 6.07) is -1.10. The van der Waals surface area contributed by atoms with Crippen molar-refractivity contribution in [2.45, 2.75) is 59.0 Å². The molecule has 3 amide bonds. The van der Waals surface area contributed by atoms with Gasteiger partial charge in [-0.2, -0.15) is 0 Å². The summed E-state index contributed by atoms with van der Waals surface area (Å²) in [5.74, 6) is -1.05. The van der Waals surface area contributed by atoms with Crippen LogP contribution >= 0.6 is 0 Å². The molecule has 1 atom stereocenters. The van der Waals surface area contributed by atoms with Gasteiger partial charge in [0.2, 0.25) is 5.91 Å². The molecule has 0 heterocycles. The molecule has 7 heteroatoms. The molecule has 0 fully saturated rings. The summed E-state index contributed by atoms with van der Waals surface area (Å²) in [5.41, 5.74) is -0.652. The highest BCUT2D eigenvalue weighted by molar-refractivity contribution is 5.86. The van der Waals surface area contributed by atoms with Gasteiger partial charge in [-0.05, 0) is 41.0 Å². The third-order valence-corrected chi connectivity index (χ3v) is 3.21. The average Bonchev–Trinajstić information content (AvgIpc) is 2.37. The van der Waals surface area contributed by atoms with Gasteiger partial charge in [0.15, 0.2) is 0 Å². The second-order valence-corrected chi connectivity index (χ2v) is 5.61. The van der Waals surface area contributed by atoms with Gasteiger partial charge in [0, 0.05) is 25.0 Å². The van der Waals surface area contributed by atoms with Crippen LogP contribution in [0.3, 0.4) is 0 Å². The lowest BCUT2D eigenvalue weighted by molar-refractivity contribution is -0.137. The summed E-state index contributed by atoms with van der Waals surface area (Å²) in [4.78, 5) is 36.1. The Hall–Kier alpha value is -1.79. The number of urea groups is 1. The molecule has 0 aliphatic carbocycles. The van der Waals surface area contributed by atoms with Gasteiger partial charge in [0.05, 0.1) is 0 Å². The zero-order valence-electron chi connectivity index (χ0n) is 13.5. The predicted octanol–water partition coefficient (Wildman–Crippen LogP) is 1.19. The van der Waals surface area contributed by atoms with Crippen LogP contribution in [0.2, 0.25) is 0 Å². The van der Waals surface area contributed by atoms with Crippen molar-refractivity contribution in [3.63, 3.8) is 0 Å². The van der Waals surface area contributed by atoms with Crippen molar-refractivity contribution in [1.29, 1.82) is 0 Å². The predicted molar refractivity (Wildman–Crippen MR) is 80.0 cm³/mol. The quantitative estimate of drug-likeness (QED) is 0.627. The Morgan fingerprint density at radius 3 is 2.14 bits per heavy atom. The summed E-state index contributed by atoms with van der Waals surface area (Å²) in [5, 5.41) is 13.9. The molecule has 7 nitrogen and oxygen atoms in total. The van der Waals surface area contributed by atoms with E-state index >= 15 is 0 Å². The van der Waals surface area contributed by atoms with Crippen LogP contribution in [0, 0.1) is 0 Å². The maximum absolute atomic E-state index is 12.0. The zero-order valence-corrected chi connectivity index (χ0v) is 13.5. The number of amides is 3. The molecule has 0 aromatic rings. The molecular weight excluding hydrogens is 274 g/mol. The van der Waals surface area contributed by atoms with Crippen molar-refractivity contribution in [3.8, 4) is 0 Å². The fraction of sp³-hybridized carbons (Fsp3) is 0.786. The lowest BCUT2D eigenvalue weighted by atomic mass is 9.99. The van der Waals surface area contributed by atoms with Gasteiger partial charge in [-0.25, -0.2) is 4.79 Å². The number of carbonyl (C=O) groups excluding carboxylic acids is 2. The van der Waals surface area contributed by atoms with E-state index in [9.17, 15) is 14.4 Å². The summed E-state index contributed by atoms with van der Waals surface area (Å²) in [6.07, 6.45) is 0.287. The number of aliphatic carboxylic acids is 1. The van der Waals surface area contributed by atoms with Gasteiger partial charge in [-0.3, -0.25) is 9.59 Å². The maximum Gasteiger partial charge on any atom is 0.315 e. The van der Waals surface area contributed by atoms with Crippen molar-refractivity contribution in [3.05, 3.63) is 0 Å². The number of carboxylic acids is 1. The standard InChI is InChI=1S/C14H27N3O4/c1-6-17(7-2)12(20)10(3)15-13(21)16-14(4,5)9-8-11(18)19/h10H,6-9H2,1-5H3,(H,18,19)(H2,15,16,21). The highest BCUT2D eigenvalue weighted by Gasteiger charge is 2.24. The second kappa shape index (κ2) is 8.49. The van der Waals surface area contributed by atoms with E-state index in [1.165, 1.54) is 0 Å². The second-order valence-electron chi connectivity index (χ2n) is 5.61. The first-order valence-electron chi connectivity index (χ1n) is 7.22. The van der Waals surface area contributed by atoms with E-state index in [1.807, 2.05) is 13.8 Å². The fourth-order valence-corrected chi connectivity index (χ4v) is 1.89. The number of likely N-dealkylation sites (N-methyl/N-ethyl adjacent to an activating group) is 1. The van der Waals surface area contributed by atoms with E-state index in [1.54, 1.807) is 25.7 Å². The van der Waals surface area contributed by atoms with E-state index in [-0.39, 0.29) is 12.3 Å². The molecule has 0 saturated heterocycles. The van der Waals surface area contributed by atoms with Gasteiger partial charge < -0.3 is 20.6 Å². The normalized spacial score (nSPS) is 12.4. The Morgan fingerprint density at radius 2 is 1.71 bits per heavy atom. The molecule has 0 saturated carbocycles. The van der Waals surface area contributed by atoms with Crippen LogP contribution in [-0.4, -0.2) is 52.6 Å². The molecule has 0 rings (SSSR count). The molecule has 0 aromatic carbocycles. The minimum atomic E-state index is -0.907. The lowest BCUT2D eigenvalue weighted by Crippen LogP contribution is -2.54. The number of carbonyl (C=O) groups is 3. The minimum Gasteiger partial charge on any atom is -0.481 e. The van der Waals surface area contributed by atoms with E-state index in [4.69, 9.17) is 5.11 Å². The summed E-state index contributed by atoms with van der Waals surface area (Å²) in [7, 11) is 0. The van der Waals surface area contributed by atoms with Crippen molar-refractivity contribution in [2.24, 2.45) is 0 Å². The molecule has 0 aliphatic heterocycles. The first-order valence-corrected chi connectivity index (χ1v) is 7.22. The first kappa shape index (κ1) is 19.2. The summed E-state index contributed by atoms with van der Waals surface area (Å²) < 4.78 is 0. The third kappa shape index (κ3) is 7.53. The molecule has 0 aliphatic rings. The number of nitrogens with one attached hydrogen (secondary N) is 2. The smallest absolute Gasteiger partial charge is 0.315 e. The summed E-state index contributed by atoms with van der Waals surface area (Å²) >= 11 is 0. The molecule has 3 N–H and O–H groups in total. The highest BCUT2D eigenvalue weighted by Crippen LogP contribution is 2.11. The van der Waals surface area contributed by atoms with Crippen LogP contribution in [-0.2, 0) is 9.59 Å². The van der Waals surface area contributed by atoms with Crippen LogP contribution < -0.4 is 10.6 Å².